The summed E-state index contributed by atoms with van der Waals surface area (Å²) in [7, 11) is -1.35. The largest absolute Gasteiger partial charge is 0.333 e. The molecule has 138 valence electrons. The summed E-state index contributed by atoms with van der Waals surface area (Å²) in [4.78, 5) is 14.9. The lowest BCUT2D eigenvalue weighted by Gasteiger charge is -2.35. The number of hydrogen-bond acceptors (Lipinski definition) is 4. The summed E-state index contributed by atoms with van der Waals surface area (Å²) in [6, 6.07) is 7.74. The predicted molar refractivity (Wildman–Crippen MR) is 98.3 cm³/mol. The van der Waals surface area contributed by atoms with Crippen LogP contribution >= 0.6 is 0 Å². The zero-order valence-corrected chi connectivity index (χ0v) is 15.8. The maximum absolute atomic E-state index is 13.2. The Labute approximate surface area is 153 Å². The summed E-state index contributed by atoms with van der Waals surface area (Å²) in [5, 5.41) is 4.15. The van der Waals surface area contributed by atoms with Gasteiger partial charge in [0, 0.05) is 31.3 Å². The van der Waals surface area contributed by atoms with Crippen molar-refractivity contribution in [3.8, 4) is 0 Å². The molecule has 1 aromatic carbocycles. The van der Waals surface area contributed by atoms with Crippen LogP contribution in [0.4, 0.5) is 0 Å². The Morgan fingerprint density at radius 2 is 2.04 bits per heavy atom. The lowest BCUT2D eigenvalue weighted by molar-refractivity contribution is -0.134. The van der Waals surface area contributed by atoms with Gasteiger partial charge in [0.15, 0.2) is 9.84 Å². The lowest BCUT2D eigenvalue weighted by Crippen LogP contribution is -2.46. The van der Waals surface area contributed by atoms with Gasteiger partial charge in [0.25, 0.3) is 0 Å². The molecule has 1 saturated carbocycles. The third-order valence-electron chi connectivity index (χ3n) is 5.52. The highest BCUT2D eigenvalue weighted by molar-refractivity contribution is 7.91. The number of benzene rings is 1. The van der Waals surface area contributed by atoms with Crippen LogP contribution in [-0.2, 0) is 21.7 Å². The molecule has 0 N–H and O–H groups in total. The van der Waals surface area contributed by atoms with Gasteiger partial charge >= 0.3 is 0 Å². The highest BCUT2D eigenvalue weighted by Gasteiger charge is 2.49. The van der Waals surface area contributed by atoms with Crippen LogP contribution < -0.4 is 0 Å². The molecule has 2 aliphatic rings. The van der Waals surface area contributed by atoms with Crippen LogP contribution in [0, 0.1) is 12.8 Å². The zero-order valence-electron chi connectivity index (χ0n) is 15.0. The van der Waals surface area contributed by atoms with Crippen LogP contribution in [0.2, 0.25) is 0 Å². The Morgan fingerprint density at radius 3 is 2.73 bits per heavy atom. The maximum atomic E-state index is 13.2. The van der Waals surface area contributed by atoms with Crippen LogP contribution in [0.25, 0.3) is 0 Å². The van der Waals surface area contributed by atoms with Crippen LogP contribution in [0.3, 0.4) is 0 Å². The van der Waals surface area contributed by atoms with Gasteiger partial charge in [-0.05, 0) is 30.4 Å². The first-order chi connectivity index (χ1) is 12.4. The second-order valence-corrected chi connectivity index (χ2v) is 9.64. The van der Waals surface area contributed by atoms with E-state index in [4.69, 9.17) is 0 Å². The number of nitrogens with zero attached hydrogens (tertiary/aromatic N) is 3. The van der Waals surface area contributed by atoms with Crippen LogP contribution in [0.5, 0.6) is 0 Å². The van der Waals surface area contributed by atoms with E-state index in [0.717, 1.165) is 12.0 Å². The molecule has 6 nitrogen and oxygen atoms in total. The number of carbonyl (C=O) groups is 1. The van der Waals surface area contributed by atoms with E-state index in [2.05, 4.69) is 24.2 Å². The normalized spacial score (nSPS) is 27.3. The second-order valence-electron chi connectivity index (χ2n) is 7.41. The molecular weight excluding hydrogens is 350 g/mol. The van der Waals surface area contributed by atoms with E-state index in [1.807, 2.05) is 12.1 Å². The van der Waals surface area contributed by atoms with Crippen molar-refractivity contribution in [3.05, 3.63) is 53.3 Å². The quantitative estimate of drug-likeness (QED) is 0.823. The minimum atomic E-state index is -3.15. The first-order valence-electron chi connectivity index (χ1n) is 8.91. The molecule has 1 aromatic heterocycles. The number of aryl methyl sites for hydroxylation is 2. The molecule has 2 fully saturated rings. The summed E-state index contributed by atoms with van der Waals surface area (Å²) >= 11 is 0. The van der Waals surface area contributed by atoms with Gasteiger partial charge in [-0.25, -0.2) is 8.42 Å². The Kier molecular flexibility index (Phi) is 4.14. The van der Waals surface area contributed by atoms with Crippen molar-refractivity contribution < 1.29 is 13.2 Å². The van der Waals surface area contributed by atoms with E-state index in [1.165, 1.54) is 11.1 Å². The number of carbonyl (C=O) groups excluding carboxylic acids is 1. The summed E-state index contributed by atoms with van der Waals surface area (Å²) in [6.45, 7) is 2.33. The third kappa shape index (κ3) is 3.16. The Bertz CT molecular complexity index is 950. The van der Waals surface area contributed by atoms with E-state index in [0.29, 0.717) is 0 Å². The molecular formula is C19H23N3O3S. The van der Waals surface area contributed by atoms with Gasteiger partial charge in [-0.3, -0.25) is 9.48 Å². The number of amides is 1. The van der Waals surface area contributed by atoms with Gasteiger partial charge in [0.05, 0.1) is 23.7 Å². The van der Waals surface area contributed by atoms with E-state index in [9.17, 15) is 13.2 Å². The average molecular weight is 373 g/mol. The smallest absolute Gasteiger partial charge is 0.226 e. The summed E-state index contributed by atoms with van der Waals surface area (Å²) in [5.41, 5.74) is 3.23. The molecule has 4 rings (SSSR count). The van der Waals surface area contributed by atoms with Crippen molar-refractivity contribution in [2.45, 2.75) is 25.3 Å². The Hall–Kier alpha value is -2.15. The molecule has 26 heavy (non-hydrogen) atoms. The van der Waals surface area contributed by atoms with Gasteiger partial charge in [-0.2, -0.15) is 5.10 Å². The highest BCUT2D eigenvalue weighted by atomic mass is 32.2. The van der Waals surface area contributed by atoms with Crippen molar-refractivity contribution in [2.24, 2.45) is 13.0 Å². The lowest BCUT2D eigenvalue weighted by atomic mass is 10.0. The predicted octanol–water partition coefficient (Wildman–Crippen LogP) is 1.83. The molecule has 3 atom stereocenters. The van der Waals surface area contributed by atoms with Gasteiger partial charge in [-0.15, -0.1) is 0 Å². The molecule has 1 saturated heterocycles. The van der Waals surface area contributed by atoms with Gasteiger partial charge in [0.1, 0.15) is 0 Å². The van der Waals surface area contributed by atoms with E-state index < -0.39 is 15.9 Å². The summed E-state index contributed by atoms with van der Waals surface area (Å²) in [5.74, 6) is 0.290. The van der Waals surface area contributed by atoms with Crippen molar-refractivity contribution in [3.63, 3.8) is 0 Å². The first-order valence-corrected chi connectivity index (χ1v) is 10.7. The van der Waals surface area contributed by atoms with Crippen molar-refractivity contribution in [1.82, 2.24) is 14.7 Å². The fourth-order valence-corrected chi connectivity index (χ4v) is 5.48. The van der Waals surface area contributed by atoms with Crippen molar-refractivity contribution in [2.75, 3.05) is 18.1 Å². The molecule has 0 unspecified atom stereocenters. The van der Waals surface area contributed by atoms with E-state index >= 15 is 0 Å². The molecule has 1 aliphatic carbocycles. The second kappa shape index (κ2) is 6.23. The Morgan fingerprint density at radius 1 is 1.27 bits per heavy atom. The average Bonchev–Trinajstić information content (AvgIpc) is 3.27. The molecule has 2 heterocycles. The standard InChI is InChI=1S/C19H23N3O3S/c1-13-5-3-4-6-15(13)16-9-17(16)19(23)22-7-8-26(24,25)12-18(22)14-10-20-21(2)11-14/h3-6,10-11,16-18H,7-9,12H2,1-2H3/t16-,17+,18-/m0/s1. The molecule has 7 heteroatoms. The fourth-order valence-electron chi connectivity index (χ4n) is 3.99. The minimum absolute atomic E-state index is 0.0216. The molecule has 1 aliphatic heterocycles. The maximum Gasteiger partial charge on any atom is 0.226 e. The number of sulfone groups is 1. The van der Waals surface area contributed by atoms with E-state index in [-0.39, 0.29) is 35.8 Å². The van der Waals surface area contributed by atoms with Gasteiger partial charge < -0.3 is 4.90 Å². The first kappa shape index (κ1) is 17.3. The Balaban J connectivity index is 1.57. The number of rotatable bonds is 3. The van der Waals surface area contributed by atoms with Crippen molar-refractivity contribution >= 4 is 15.7 Å². The third-order valence-corrected chi connectivity index (χ3v) is 7.15. The van der Waals surface area contributed by atoms with Crippen LogP contribution in [0.15, 0.2) is 36.7 Å². The summed E-state index contributed by atoms with van der Waals surface area (Å²) in [6.07, 6.45) is 4.31. The van der Waals surface area contributed by atoms with Crippen LogP contribution in [0.1, 0.15) is 35.1 Å². The van der Waals surface area contributed by atoms with Crippen molar-refractivity contribution in [1.29, 1.82) is 0 Å². The number of aromatic nitrogens is 2. The number of hydrogen-bond donors (Lipinski definition) is 0. The van der Waals surface area contributed by atoms with E-state index in [1.54, 1.807) is 29.0 Å². The van der Waals surface area contributed by atoms with Crippen LogP contribution in [-0.4, -0.2) is 47.1 Å². The van der Waals surface area contributed by atoms with Gasteiger partial charge in [0.2, 0.25) is 5.91 Å². The SMILES string of the molecule is Cc1ccccc1[C@@H]1C[C@H]1C(=O)N1CCS(=O)(=O)C[C@H]1c1cnn(C)c1. The van der Waals surface area contributed by atoms with Gasteiger partial charge in [-0.1, -0.05) is 24.3 Å². The summed E-state index contributed by atoms with van der Waals surface area (Å²) < 4.78 is 26.0. The molecule has 0 radical (unpaired) electrons. The molecule has 2 aromatic rings. The fraction of sp³-hybridized carbons (Fsp3) is 0.474. The molecule has 0 bridgehead atoms. The monoisotopic (exact) mass is 373 g/mol. The topological polar surface area (TPSA) is 72.3 Å². The minimum Gasteiger partial charge on any atom is -0.333 e. The highest BCUT2D eigenvalue weighted by Crippen LogP contribution is 2.50. The molecule has 0 spiro atoms. The molecule has 1 amide bonds. The zero-order chi connectivity index (χ0) is 18.5.